The number of nitrogens with zero attached hydrogens (tertiary/aromatic N) is 6. The van der Waals surface area contributed by atoms with Crippen molar-refractivity contribution in [2.24, 2.45) is 0 Å². The summed E-state index contributed by atoms with van der Waals surface area (Å²) in [5, 5.41) is 9.22. The number of rotatable bonds is 10. The molecule has 0 spiro atoms. The van der Waals surface area contributed by atoms with Gasteiger partial charge in [0.2, 0.25) is 12.8 Å². The summed E-state index contributed by atoms with van der Waals surface area (Å²) in [5.74, 6) is 1.03. The average molecular weight is 708 g/mol. The number of aromatic nitrogens is 4. The van der Waals surface area contributed by atoms with E-state index in [1.54, 1.807) is 101 Å². The van der Waals surface area contributed by atoms with Crippen LogP contribution < -0.4 is 30.1 Å². The number of hydrogen-bond acceptors (Lipinski definition) is 10. The molecule has 2 amide bonds. The van der Waals surface area contributed by atoms with E-state index < -0.39 is 15.3 Å². The maximum absolute atomic E-state index is 11.7. The first-order valence-corrected chi connectivity index (χ1v) is 15.7. The van der Waals surface area contributed by atoms with Crippen LogP contribution >= 0.6 is 15.3 Å². The molecule has 45 heavy (non-hydrogen) atoms. The number of nitrogens with one attached hydrogen (secondary N) is 4. The van der Waals surface area contributed by atoms with Crippen molar-refractivity contribution in [2.75, 3.05) is 48.5 Å². The van der Waals surface area contributed by atoms with E-state index in [4.69, 9.17) is 0 Å². The monoisotopic (exact) mass is 707 g/mol. The molecular weight excluding hydrogens is 674 g/mol. The van der Waals surface area contributed by atoms with E-state index in [1.165, 1.54) is 34.6 Å². The second-order valence-electron chi connectivity index (χ2n) is 8.55. The van der Waals surface area contributed by atoms with Crippen molar-refractivity contribution in [3.8, 4) is 0 Å². The minimum absolute atomic E-state index is 0. The Labute approximate surface area is 272 Å². The molecule has 4 N–H and O–H groups in total. The standard InChI is InChI=1S/2C10H11N4O2P.2C3H7NO.Cu/c2*15-17(16,13-9-5-1-3-7-11-9)14-10-6-2-4-8-12-10;2*1-4(2)3-5;/h2*1-8H,(H3,11,12,13,14,15,16);2*3H,1-2H3;/q;;;;+2/p-2. The number of carbonyl (C=O) groups excluding carboxylic acids is 2. The fraction of sp³-hybridized carbons (Fsp3) is 0.154. The molecular formula is C26H34CuN10O6P2. The third kappa shape index (κ3) is 21.1. The first-order chi connectivity index (χ1) is 20.9. The molecule has 4 heterocycles. The Morgan fingerprint density at radius 3 is 0.867 bits per heavy atom. The quantitative estimate of drug-likeness (QED) is 0.106. The summed E-state index contributed by atoms with van der Waals surface area (Å²) in [5.41, 5.74) is 0. The van der Waals surface area contributed by atoms with E-state index in [1.807, 2.05) is 0 Å². The van der Waals surface area contributed by atoms with Gasteiger partial charge in [-0.2, -0.15) is 0 Å². The van der Waals surface area contributed by atoms with Gasteiger partial charge in [0.1, 0.15) is 23.3 Å². The van der Waals surface area contributed by atoms with E-state index in [9.17, 15) is 28.5 Å². The van der Waals surface area contributed by atoms with E-state index in [0.29, 0.717) is 0 Å². The maximum Gasteiger partial charge on any atom is 2.00 e. The molecule has 0 aromatic carbocycles. The van der Waals surface area contributed by atoms with Crippen molar-refractivity contribution in [3.63, 3.8) is 0 Å². The van der Waals surface area contributed by atoms with E-state index in [-0.39, 0.29) is 40.3 Å². The van der Waals surface area contributed by atoms with Crippen molar-refractivity contribution in [1.82, 2.24) is 29.7 Å². The number of anilines is 4. The van der Waals surface area contributed by atoms with Crippen LogP contribution in [-0.4, -0.2) is 70.7 Å². The molecule has 0 aliphatic carbocycles. The predicted molar refractivity (Wildman–Crippen MR) is 166 cm³/mol. The molecule has 0 aliphatic rings. The number of hydrogen-bond donors (Lipinski definition) is 4. The van der Waals surface area contributed by atoms with Crippen LogP contribution in [0.4, 0.5) is 23.3 Å². The second-order valence-corrected chi connectivity index (χ2v) is 11.6. The van der Waals surface area contributed by atoms with Gasteiger partial charge in [-0.3, -0.25) is 18.7 Å². The van der Waals surface area contributed by atoms with E-state index >= 15 is 0 Å². The first-order valence-electron chi connectivity index (χ1n) is 12.5. The number of carbonyl (C=O) groups is 2. The van der Waals surface area contributed by atoms with Crippen molar-refractivity contribution >= 4 is 51.4 Å². The summed E-state index contributed by atoms with van der Waals surface area (Å²) >= 11 is 0. The number of amides is 2. The summed E-state index contributed by atoms with van der Waals surface area (Å²) in [6, 6.07) is 19.8. The third-order valence-electron chi connectivity index (χ3n) is 4.13. The van der Waals surface area contributed by atoms with Gasteiger partial charge >= 0.3 is 17.1 Å². The van der Waals surface area contributed by atoms with Gasteiger partial charge < -0.3 is 39.9 Å². The summed E-state index contributed by atoms with van der Waals surface area (Å²) in [7, 11) is -1.27. The van der Waals surface area contributed by atoms with Crippen LogP contribution in [0.2, 0.25) is 0 Å². The smallest absolute Gasteiger partial charge is 0.767 e. The normalized spacial score (nSPS) is 9.73. The van der Waals surface area contributed by atoms with Crippen molar-refractivity contribution < 1.29 is 45.6 Å². The molecule has 4 aromatic rings. The molecule has 16 nitrogen and oxygen atoms in total. The first kappa shape index (κ1) is 40.6. The largest absolute Gasteiger partial charge is 2.00 e. The van der Waals surface area contributed by atoms with E-state index in [0.717, 1.165) is 12.8 Å². The van der Waals surface area contributed by atoms with Crippen molar-refractivity contribution in [1.29, 1.82) is 0 Å². The molecule has 19 heteroatoms. The van der Waals surface area contributed by atoms with Gasteiger partial charge in [0.05, 0.1) is 0 Å². The van der Waals surface area contributed by atoms with Crippen LogP contribution in [0.15, 0.2) is 97.6 Å². The van der Waals surface area contributed by atoms with Gasteiger partial charge in [0.15, 0.2) is 15.3 Å². The Bertz CT molecular complexity index is 1250. The molecule has 0 saturated carbocycles. The van der Waals surface area contributed by atoms with Gasteiger partial charge in [0.25, 0.3) is 0 Å². The fourth-order valence-corrected chi connectivity index (χ4v) is 4.22. The molecule has 4 aromatic heterocycles. The summed E-state index contributed by atoms with van der Waals surface area (Å²) in [6.45, 7) is 0. The predicted octanol–water partition coefficient (Wildman–Crippen LogP) is 2.34. The van der Waals surface area contributed by atoms with E-state index in [2.05, 4.69) is 40.3 Å². The van der Waals surface area contributed by atoms with Crippen molar-refractivity contribution in [3.05, 3.63) is 97.6 Å². The zero-order valence-corrected chi connectivity index (χ0v) is 27.5. The average Bonchev–Trinajstić information content (AvgIpc) is 2.99. The molecule has 1 radical (unpaired) electrons. The Balaban J connectivity index is 0.000000654. The van der Waals surface area contributed by atoms with Gasteiger partial charge in [-0.15, -0.1) is 0 Å². The molecule has 0 fully saturated rings. The van der Waals surface area contributed by atoms with Gasteiger partial charge in [-0.05, 0) is 48.5 Å². The third-order valence-corrected chi connectivity index (χ3v) is 6.22. The molecule has 0 atom stereocenters. The molecule has 0 bridgehead atoms. The minimum Gasteiger partial charge on any atom is -0.767 e. The molecule has 245 valence electrons. The summed E-state index contributed by atoms with van der Waals surface area (Å²) in [4.78, 5) is 60.6. The van der Waals surface area contributed by atoms with Crippen LogP contribution in [0.25, 0.3) is 0 Å². The molecule has 0 saturated heterocycles. The summed E-state index contributed by atoms with van der Waals surface area (Å²) in [6.07, 6.45) is 7.51. The van der Waals surface area contributed by atoms with Crippen LogP contribution in [0.5, 0.6) is 0 Å². The zero-order chi connectivity index (χ0) is 32.8. The Kier molecular flexibility index (Phi) is 20.0. The fourth-order valence-electron chi connectivity index (χ4n) is 2.37. The van der Waals surface area contributed by atoms with Crippen LogP contribution in [0.3, 0.4) is 0 Å². The van der Waals surface area contributed by atoms with Gasteiger partial charge in [-0.1, -0.05) is 24.3 Å². The number of pyridine rings is 4. The Morgan fingerprint density at radius 2 is 0.733 bits per heavy atom. The summed E-state index contributed by atoms with van der Waals surface area (Å²) < 4.78 is 23.4. The van der Waals surface area contributed by atoms with Crippen molar-refractivity contribution in [2.45, 2.75) is 0 Å². The van der Waals surface area contributed by atoms with Gasteiger partial charge in [0, 0.05) is 53.0 Å². The Morgan fingerprint density at radius 1 is 0.533 bits per heavy atom. The topological polar surface area (TPSA) is 221 Å². The van der Waals surface area contributed by atoms with Gasteiger partial charge in [-0.25, -0.2) is 19.9 Å². The second kappa shape index (κ2) is 22.2. The molecule has 4 rings (SSSR count). The minimum atomic E-state index is -4.01. The molecule has 0 aliphatic heterocycles. The Hall–Kier alpha value is -4.36. The van der Waals surface area contributed by atoms with Crippen LogP contribution in [-0.2, 0) is 35.8 Å². The zero-order valence-electron chi connectivity index (χ0n) is 24.7. The maximum atomic E-state index is 11.7. The molecule has 0 unspecified atom stereocenters. The SMILES string of the molecule is CN(C)C=O.CN(C)C=O.O=P([O-])(Nc1ccccn1)Nc1ccccn1.O=P([O-])(Nc1ccccn1)Nc1ccccn1.[Cu+2]. The van der Waals surface area contributed by atoms with Crippen LogP contribution in [0.1, 0.15) is 0 Å². The van der Waals surface area contributed by atoms with Crippen LogP contribution in [0, 0.1) is 0 Å².